The number of unbranched alkanes of at least 4 members (excludes halogenated alkanes) is 5. The highest BCUT2D eigenvalue weighted by Crippen LogP contribution is 2.04. The Morgan fingerprint density at radius 1 is 1.07 bits per heavy atom. The number of nitrogens with one attached hydrogen (secondary N) is 1. The summed E-state index contributed by atoms with van der Waals surface area (Å²) in [5, 5.41) is 4.65. The third kappa shape index (κ3) is 10.5. The SMILES string of the molecule is CCCCCCCCNC(C)CCBr. The van der Waals surface area contributed by atoms with E-state index < -0.39 is 0 Å². The molecule has 0 spiro atoms. The zero-order valence-corrected chi connectivity index (χ0v) is 11.4. The standard InChI is InChI=1S/C12H26BrN/c1-3-4-5-6-7-8-11-14-12(2)9-10-13/h12,14H,3-11H2,1-2H3. The smallest absolute Gasteiger partial charge is 0.00466 e. The van der Waals surface area contributed by atoms with Gasteiger partial charge in [0.25, 0.3) is 0 Å². The average molecular weight is 264 g/mol. The number of hydrogen-bond donors (Lipinski definition) is 1. The highest BCUT2D eigenvalue weighted by molar-refractivity contribution is 9.09. The van der Waals surface area contributed by atoms with Crippen LogP contribution in [0.1, 0.15) is 58.8 Å². The van der Waals surface area contributed by atoms with Crippen LogP contribution >= 0.6 is 15.9 Å². The molecule has 1 N–H and O–H groups in total. The summed E-state index contributed by atoms with van der Waals surface area (Å²) >= 11 is 3.46. The Balaban J connectivity index is 2.98. The van der Waals surface area contributed by atoms with Crippen molar-refractivity contribution in [2.45, 2.75) is 64.8 Å². The first-order valence-corrected chi connectivity index (χ1v) is 7.22. The van der Waals surface area contributed by atoms with Gasteiger partial charge in [0.1, 0.15) is 0 Å². The topological polar surface area (TPSA) is 12.0 Å². The number of alkyl halides is 1. The Morgan fingerprint density at radius 3 is 2.36 bits per heavy atom. The molecule has 0 rings (SSSR count). The van der Waals surface area contributed by atoms with Crippen molar-refractivity contribution >= 4 is 15.9 Å². The number of hydrogen-bond acceptors (Lipinski definition) is 1. The summed E-state index contributed by atoms with van der Waals surface area (Å²) in [6, 6.07) is 0.671. The van der Waals surface area contributed by atoms with Gasteiger partial charge in [-0.05, 0) is 26.3 Å². The van der Waals surface area contributed by atoms with Gasteiger partial charge in [-0.2, -0.15) is 0 Å². The van der Waals surface area contributed by atoms with E-state index in [1.54, 1.807) is 0 Å². The van der Waals surface area contributed by atoms with Gasteiger partial charge < -0.3 is 5.32 Å². The van der Waals surface area contributed by atoms with E-state index in [1.807, 2.05) is 0 Å². The maximum absolute atomic E-state index is 3.54. The highest BCUT2D eigenvalue weighted by Gasteiger charge is 1.98. The van der Waals surface area contributed by atoms with Crippen molar-refractivity contribution in [1.82, 2.24) is 5.32 Å². The third-order valence-electron chi connectivity index (χ3n) is 2.57. The second kappa shape index (κ2) is 11.5. The van der Waals surface area contributed by atoms with Crippen LogP contribution in [0.5, 0.6) is 0 Å². The molecule has 0 amide bonds. The minimum absolute atomic E-state index is 0.671. The quantitative estimate of drug-likeness (QED) is 0.462. The fraction of sp³-hybridized carbons (Fsp3) is 1.00. The van der Waals surface area contributed by atoms with E-state index in [9.17, 15) is 0 Å². The zero-order chi connectivity index (χ0) is 10.6. The van der Waals surface area contributed by atoms with Gasteiger partial charge >= 0.3 is 0 Å². The van der Waals surface area contributed by atoms with Crippen LogP contribution in [0.4, 0.5) is 0 Å². The molecule has 0 heterocycles. The van der Waals surface area contributed by atoms with Crippen molar-refractivity contribution in [3.8, 4) is 0 Å². The van der Waals surface area contributed by atoms with E-state index >= 15 is 0 Å². The fourth-order valence-corrected chi connectivity index (χ4v) is 2.21. The molecule has 86 valence electrons. The summed E-state index contributed by atoms with van der Waals surface area (Å²) < 4.78 is 0. The lowest BCUT2D eigenvalue weighted by atomic mass is 10.1. The average Bonchev–Trinajstić information content (AvgIpc) is 2.17. The normalized spacial score (nSPS) is 13.1. The molecule has 1 unspecified atom stereocenters. The van der Waals surface area contributed by atoms with Crippen molar-refractivity contribution in [2.75, 3.05) is 11.9 Å². The fourth-order valence-electron chi connectivity index (χ4n) is 1.52. The van der Waals surface area contributed by atoms with Gasteiger partial charge in [-0.25, -0.2) is 0 Å². The maximum Gasteiger partial charge on any atom is 0.00466 e. The molecular formula is C12H26BrN. The lowest BCUT2D eigenvalue weighted by Crippen LogP contribution is -2.27. The zero-order valence-electron chi connectivity index (χ0n) is 9.82. The van der Waals surface area contributed by atoms with Crippen LogP contribution < -0.4 is 5.32 Å². The molecular weight excluding hydrogens is 238 g/mol. The van der Waals surface area contributed by atoms with Crippen LogP contribution in [0.15, 0.2) is 0 Å². The Kier molecular flexibility index (Phi) is 11.9. The van der Waals surface area contributed by atoms with Crippen LogP contribution in [0, 0.1) is 0 Å². The minimum Gasteiger partial charge on any atom is -0.314 e. The molecule has 0 aliphatic carbocycles. The Labute approximate surface area is 98.2 Å². The predicted molar refractivity (Wildman–Crippen MR) is 69.3 cm³/mol. The van der Waals surface area contributed by atoms with Crippen molar-refractivity contribution in [3.05, 3.63) is 0 Å². The highest BCUT2D eigenvalue weighted by atomic mass is 79.9. The predicted octanol–water partition coefficient (Wildman–Crippen LogP) is 4.11. The van der Waals surface area contributed by atoms with Gasteiger partial charge in [0.15, 0.2) is 0 Å². The van der Waals surface area contributed by atoms with E-state index in [-0.39, 0.29) is 0 Å². The molecule has 1 nitrogen and oxygen atoms in total. The first-order chi connectivity index (χ1) is 6.81. The lowest BCUT2D eigenvalue weighted by molar-refractivity contribution is 0.507. The molecule has 0 aliphatic heterocycles. The molecule has 0 saturated heterocycles. The molecule has 0 radical (unpaired) electrons. The van der Waals surface area contributed by atoms with Gasteiger partial charge in [0, 0.05) is 11.4 Å². The van der Waals surface area contributed by atoms with E-state index in [2.05, 4.69) is 35.1 Å². The van der Waals surface area contributed by atoms with Crippen molar-refractivity contribution < 1.29 is 0 Å². The number of rotatable bonds is 10. The lowest BCUT2D eigenvalue weighted by Gasteiger charge is -2.11. The van der Waals surface area contributed by atoms with Crippen LogP contribution in [-0.4, -0.2) is 17.9 Å². The van der Waals surface area contributed by atoms with Crippen LogP contribution in [-0.2, 0) is 0 Å². The minimum atomic E-state index is 0.671. The van der Waals surface area contributed by atoms with Crippen LogP contribution in [0.3, 0.4) is 0 Å². The van der Waals surface area contributed by atoms with Gasteiger partial charge in [-0.3, -0.25) is 0 Å². The molecule has 0 aromatic rings. The maximum atomic E-state index is 3.54. The molecule has 0 aromatic carbocycles. The summed E-state index contributed by atoms with van der Waals surface area (Å²) in [6.07, 6.45) is 9.57. The van der Waals surface area contributed by atoms with E-state index in [0.29, 0.717) is 6.04 Å². The third-order valence-corrected chi connectivity index (χ3v) is 3.02. The van der Waals surface area contributed by atoms with Gasteiger partial charge in [0.2, 0.25) is 0 Å². The molecule has 0 bridgehead atoms. The monoisotopic (exact) mass is 263 g/mol. The van der Waals surface area contributed by atoms with E-state index in [1.165, 1.54) is 51.5 Å². The first-order valence-electron chi connectivity index (χ1n) is 6.10. The number of halogens is 1. The summed E-state index contributed by atoms with van der Waals surface area (Å²) in [5.41, 5.74) is 0. The molecule has 1 atom stereocenters. The molecule has 2 heteroatoms. The van der Waals surface area contributed by atoms with E-state index in [0.717, 1.165) is 5.33 Å². The van der Waals surface area contributed by atoms with Gasteiger partial charge in [0.05, 0.1) is 0 Å². The van der Waals surface area contributed by atoms with Crippen LogP contribution in [0.2, 0.25) is 0 Å². The van der Waals surface area contributed by atoms with E-state index in [4.69, 9.17) is 0 Å². The van der Waals surface area contributed by atoms with Crippen LogP contribution in [0.25, 0.3) is 0 Å². The molecule has 0 fully saturated rings. The molecule has 0 aromatic heterocycles. The molecule has 0 saturated carbocycles. The summed E-state index contributed by atoms with van der Waals surface area (Å²) in [6.45, 7) is 5.72. The van der Waals surface area contributed by atoms with Gasteiger partial charge in [-0.1, -0.05) is 55.0 Å². The second-order valence-corrected chi connectivity index (χ2v) is 4.89. The molecule has 14 heavy (non-hydrogen) atoms. The largest absolute Gasteiger partial charge is 0.314 e. The van der Waals surface area contributed by atoms with Crippen molar-refractivity contribution in [2.24, 2.45) is 0 Å². The Morgan fingerprint density at radius 2 is 1.71 bits per heavy atom. The Hall–Kier alpha value is 0.440. The molecule has 0 aliphatic rings. The Bertz CT molecular complexity index is 106. The van der Waals surface area contributed by atoms with Crippen molar-refractivity contribution in [1.29, 1.82) is 0 Å². The second-order valence-electron chi connectivity index (χ2n) is 4.10. The summed E-state index contributed by atoms with van der Waals surface area (Å²) in [7, 11) is 0. The van der Waals surface area contributed by atoms with Gasteiger partial charge in [-0.15, -0.1) is 0 Å². The summed E-state index contributed by atoms with van der Waals surface area (Å²) in [4.78, 5) is 0. The summed E-state index contributed by atoms with van der Waals surface area (Å²) in [5.74, 6) is 0. The van der Waals surface area contributed by atoms with Crippen molar-refractivity contribution in [3.63, 3.8) is 0 Å². The first kappa shape index (κ1) is 14.4.